The largest absolute Gasteiger partial charge is 0.508 e. The van der Waals surface area contributed by atoms with Crippen molar-refractivity contribution in [3.63, 3.8) is 0 Å². The van der Waals surface area contributed by atoms with Gasteiger partial charge >= 0.3 is 0 Å². The van der Waals surface area contributed by atoms with Gasteiger partial charge in [-0.25, -0.2) is 4.39 Å². The lowest BCUT2D eigenvalue weighted by atomic mass is 9.71. The van der Waals surface area contributed by atoms with Gasteiger partial charge in [-0.05, 0) is 91.5 Å². The van der Waals surface area contributed by atoms with Crippen molar-refractivity contribution in [2.45, 2.75) is 57.0 Å². The highest BCUT2D eigenvalue weighted by Crippen LogP contribution is 2.48. The summed E-state index contributed by atoms with van der Waals surface area (Å²) in [5.74, 6) is 1.05. The fraction of sp³-hybridized carbons (Fsp3) is 0.512. The standard InChI is InChI=1S/C43H50FN5O6/c44-36-22-29(41-34-5-3-32(50)23-39(34)55-26-35(41)28-11-19-54-20-12-28)1-6-37(36)48-13-9-27(10-14-48)24-46-15-17-47(18-16-46)31-2-4-33-30(21-31)25-49(43(33)53)38-7-8-40(51)45-42(38)52/h1-6,21-23,27-28,35,38,41,50H,7-20,24-26H2,(H,45,51,52)/t35-,38+,41-/m0/s1. The Kier molecular flexibility index (Phi) is 9.88. The Morgan fingerprint density at radius 3 is 2.40 bits per heavy atom. The number of hydrogen-bond donors (Lipinski definition) is 2. The Labute approximate surface area is 321 Å². The number of rotatable bonds is 7. The molecule has 3 aromatic carbocycles. The van der Waals surface area contributed by atoms with Crippen molar-refractivity contribution in [1.82, 2.24) is 15.1 Å². The van der Waals surface area contributed by atoms with Gasteiger partial charge in [-0.3, -0.25) is 24.6 Å². The van der Waals surface area contributed by atoms with E-state index in [0.717, 1.165) is 107 Å². The van der Waals surface area contributed by atoms with Gasteiger partial charge in [0.2, 0.25) is 11.8 Å². The van der Waals surface area contributed by atoms with Crippen LogP contribution in [-0.2, 0) is 20.9 Å². The number of phenols is 1. The molecule has 290 valence electrons. The number of fused-ring (bicyclic) bond motifs is 2. The third-order valence-corrected chi connectivity index (χ3v) is 13.1. The first-order chi connectivity index (χ1) is 26.8. The van der Waals surface area contributed by atoms with E-state index in [4.69, 9.17) is 9.47 Å². The van der Waals surface area contributed by atoms with Crippen LogP contribution >= 0.6 is 0 Å². The third-order valence-electron chi connectivity index (χ3n) is 13.1. The minimum Gasteiger partial charge on any atom is -0.508 e. The predicted octanol–water partition coefficient (Wildman–Crippen LogP) is 4.90. The number of ether oxygens (including phenoxy) is 2. The van der Waals surface area contributed by atoms with E-state index in [0.29, 0.717) is 48.4 Å². The smallest absolute Gasteiger partial charge is 0.255 e. The van der Waals surface area contributed by atoms with Crippen molar-refractivity contribution in [1.29, 1.82) is 0 Å². The molecule has 2 N–H and O–H groups in total. The van der Waals surface area contributed by atoms with E-state index in [2.05, 4.69) is 32.1 Å². The van der Waals surface area contributed by atoms with Crippen molar-refractivity contribution in [2.75, 3.05) is 75.4 Å². The summed E-state index contributed by atoms with van der Waals surface area (Å²) in [4.78, 5) is 46.0. The van der Waals surface area contributed by atoms with E-state index in [1.165, 1.54) is 0 Å². The Morgan fingerprint density at radius 2 is 1.64 bits per heavy atom. The molecule has 0 spiro atoms. The van der Waals surface area contributed by atoms with Gasteiger partial charge in [0.25, 0.3) is 5.91 Å². The molecule has 9 rings (SSSR count). The predicted molar refractivity (Wildman–Crippen MR) is 205 cm³/mol. The first-order valence-corrected chi connectivity index (χ1v) is 20.1. The van der Waals surface area contributed by atoms with E-state index in [-0.39, 0.29) is 47.5 Å². The topological polar surface area (TPSA) is 115 Å². The number of aromatic hydroxyl groups is 1. The molecule has 4 fully saturated rings. The molecular weight excluding hydrogens is 702 g/mol. The van der Waals surface area contributed by atoms with Crippen LogP contribution in [0.15, 0.2) is 54.6 Å². The monoisotopic (exact) mass is 751 g/mol. The number of benzene rings is 3. The number of amides is 3. The van der Waals surface area contributed by atoms with Crippen LogP contribution in [0.1, 0.15) is 71.5 Å². The van der Waals surface area contributed by atoms with E-state index in [9.17, 15) is 19.5 Å². The Balaban J connectivity index is 0.787. The van der Waals surface area contributed by atoms with Crippen LogP contribution in [0.25, 0.3) is 0 Å². The highest BCUT2D eigenvalue weighted by atomic mass is 19.1. The minimum absolute atomic E-state index is 0.00977. The van der Waals surface area contributed by atoms with Crippen molar-refractivity contribution in [3.8, 4) is 11.5 Å². The quantitative estimate of drug-likeness (QED) is 0.326. The normalized spacial score (nSPS) is 25.4. The van der Waals surface area contributed by atoms with Gasteiger partial charge in [-0.1, -0.05) is 12.1 Å². The zero-order valence-electron chi connectivity index (χ0n) is 31.3. The second-order valence-electron chi connectivity index (χ2n) is 16.3. The molecule has 3 aromatic rings. The number of carbonyl (C=O) groups excluding carboxylic acids is 3. The van der Waals surface area contributed by atoms with Crippen LogP contribution in [0, 0.1) is 23.6 Å². The molecule has 3 atom stereocenters. The number of nitrogens with zero attached hydrogens (tertiary/aromatic N) is 4. The SMILES string of the molecule is O=C1CC[C@@H](N2Cc3cc(N4CCN(CC5CCN(c6ccc([C@H]7c8ccc(O)cc8OC[C@H]7C7CCOCC7)cc6F)CC5)CC4)ccc3C2=O)C(=O)N1. The number of piperazine rings is 1. The lowest BCUT2D eigenvalue weighted by Gasteiger charge is -2.41. The molecular formula is C43H50FN5O6. The summed E-state index contributed by atoms with van der Waals surface area (Å²) < 4.78 is 27.9. The van der Waals surface area contributed by atoms with Gasteiger partial charge in [0.15, 0.2) is 0 Å². The van der Waals surface area contributed by atoms with Crippen LogP contribution in [0.2, 0.25) is 0 Å². The number of halogens is 1. The van der Waals surface area contributed by atoms with Crippen LogP contribution in [0.5, 0.6) is 11.5 Å². The molecule has 0 bridgehead atoms. The molecule has 6 aliphatic rings. The van der Waals surface area contributed by atoms with E-state index < -0.39 is 6.04 Å². The maximum absolute atomic E-state index is 16.1. The second-order valence-corrected chi connectivity index (χ2v) is 16.3. The van der Waals surface area contributed by atoms with E-state index >= 15 is 4.39 Å². The third kappa shape index (κ3) is 7.15. The van der Waals surface area contributed by atoms with Crippen LogP contribution in [0.4, 0.5) is 15.8 Å². The maximum Gasteiger partial charge on any atom is 0.255 e. The molecule has 3 amide bonds. The van der Waals surface area contributed by atoms with Crippen LogP contribution in [0.3, 0.4) is 0 Å². The van der Waals surface area contributed by atoms with Crippen molar-refractivity contribution in [2.24, 2.45) is 17.8 Å². The first-order valence-electron chi connectivity index (χ1n) is 20.1. The van der Waals surface area contributed by atoms with Gasteiger partial charge in [0.1, 0.15) is 23.4 Å². The fourth-order valence-electron chi connectivity index (χ4n) is 10.0. The van der Waals surface area contributed by atoms with Gasteiger partial charge in [-0.15, -0.1) is 0 Å². The summed E-state index contributed by atoms with van der Waals surface area (Å²) in [5.41, 5.74) is 5.31. The maximum atomic E-state index is 16.1. The highest BCUT2D eigenvalue weighted by molar-refractivity contribution is 6.05. The van der Waals surface area contributed by atoms with Crippen LogP contribution < -0.4 is 19.9 Å². The van der Waals surface area contributed by atoms with E-state index in [1.807, 2.05) is 24.3 Å². The van der Waals surface area contributed by atoms with Gasteiger partial charge in [0.05, 0.1) is 12.3 Å². The van der Waals surface area contributed by atoms with Gasteiger partial charge < -0.3 is 29.3 Å². The molecule has 11 nitrogen and oxygen atoms in total. The average molecular weight is 752 g/mol. The molecule has 55 heavy (non-hydrogen) atoms. The summed E-state index contributed by atoms with van der Waals surface area (Å²) in [6, 6.07) is 16.5. The molecule has 12 heteroatoms. The Hall–Kier alpha value is -4.68. The average Bonchev–Trinajstić information content (AvgIpc) is 3.53. The lowest BCUT2D eigenvalue weighted by molar-refractivity contribution is -0.136. The first kappa shape index (κ1) is 36.0. The molecule has 6 heterocycles. The van der Waals surface area contributed by atoms with Crippen LogP contribution in [-0.4, -0.2) is 104 Å². The van der Waals surface area contributed by atoms with E-state index in [1.54, 1.807) is 23.1 Å². The number of imide groups is 1. The molecule has 6 aliphatic heterocycles. The highest BCUT2D eigenvalue weighted by Gasteiger charge is 2.40. The molecule has 0 unspecified atom stereocenters. The molecule has 0 radical (unpaired) electrons. The lowest BCUT2D eigenvalue weighted by Crippen LogP contribution is -2.52. The second kappa shape index (κ2) is 15.1. The molecule has 0 saturated carbocycles. The number of hydrogen-bond acceptors (Lipinski definition) is 9. The summed E-state index contributed by atoms with van der Waals surface area (Å²) in [6.45, 7) is 8.81. The summed E-state index contributed by atoms with van der Waals surface area (Å²) in [7, 11) is 0. The number of phenolic OH excluding ortho intramolecular Hbond substituents is 1. The molecule has 0 aliphatic carbocycles. The summed E-state index contributed by atoms with van der Waals surface area (Å²) in [5, 5.41) is 12.5. The number of carbonyl (C=O) groups is 3. The number of piperidine rings is 2. The number of nitrogens with one attached hydrogen (secondary N) is 1. The van der Waals surface area contributed by atoms with Crippen molar-refractivity contribution >= 4 is 29.1 Å². The fourth-order valence-corrected chi connectivity index (χ4v) is 10.0. The zero-order valence-corrected chi connectivity index (χ0v) is 31.3. The Morgan fingerprint density at radius 1 is 0.836 bits per heavy atom. The molecule has 4 saturated heterocycles. The molecule has 0 aromatic heterocycles. The minimum atomic E-state index is -0.607. The van der Waals surface area contributed by atoms with Crippen molar-refractivity contribution < 1.29 is 33.4 Å². The summed E-state index contributed by atoms with van der Waals surface area (Å²) >= 11 is 0. The van der Waals surface area contributed by atoms with Gasteiger partial charge in [0, 0.05) is 107 Å². The zero-order chi connectivity index (χ0) is 37.6. The van der Waals surface area contributed by atoms with Gasteiger partial charge in [-0.2, -0.15) is 0 Å². The Bertz CT molecular complexity index is 1950. The van der Waals surface area contributed by atoms with Crippen molar-refractivity contribution in [3.05, 3.63) is 82.7 Å². The summed E-state index contributed by atoms with van der Waals surface area (Å²) in [6.07, 6.45) is 4.59. The number of anilines is 2.